The van der Waals surface area contributed by atoms with Gasteiger partial charge in [0.2, 0.25) is 15.9 Å². The van der Waals surface area contributed by atoms with Crippen LogP contribution in [0.4, 0.5) is 5.69 Å². The van der Waals surface area contributed by atoms with Crippen LogP contribution < -0.4 is 10.0 Å². The lowest BCUT2D eigenvalue weighted by Gasteiger charge is -2.25. The Kier molecular flexibility index (Phi) is 5.08. The molecule has 0 radical (unpaired) electrons. The minimum Gasteiger partial charge on any atom is -0.361 e. The summed E-state index contributed by atoms with van der Waals surface area (Å²) in [6.07, 6.45) is 1.93. The molecule has 0 unspecified atom stereocenters. The van der Waals surface area contributed by atoms with Crippen LogP contribution in [0.25, 0.3) is 10.9 Å². The topological polar surface area (TPSA) is 91.1 Å². The molecule has 0 aliphatic heterocycles. The maximum absolute atomic E-state index is 12.6. The number of carbonyl (C=O) groups excluding carboxylic acids is 1. The van der Waals surface area contributed by atoms with E-state index < -0.39 is 15.4 Å². The quantitative estimate of drug-likeness (QED) is 0.607. The Bertz CT molecular complexity index is 1070. The van der Waals surface area contributed by atoms with Crippen molar-refractivity contribution in [3.8, 4) is 0 Å². The highest BCUT2D eigenvalue weighted by molar-refractivity contribution is 7.89. The van der Waals surface area contributed by atoms with Crippen LogP contribution in [-0.2, 0) is 20.2 Å². The molecular formula is C20H23N3O3S. The van der Waals surface area contributed by atoms with E-state index in [1.54, 1.807) is 12.1 Å². The van der Waals surface area contributed by atoms with Crippen molar-refractivity contribution in [1.82, 2.24) is 9.71 Å². The van der Waals surface area contributed by atoms with Gasteiger partial charge in [0.05, 0.1) is 4.90 Å². The van der Waals surface area contributed by atoms with Gasteiger partial charge in [-0.3, -0.25) is 4.79 Å². The van der Waals surface area contributed by atoms with Crippen molar-refractivity contribution < 1.29 is 13.2 Å². The number of nitrogens with one attached hydrogen (secondary N) is 3. The first-order valence-electron chi connectivity index (χ1n) is 8.63. The number of amides is 1. The number of para-hydroxylation sites is 1. The first-order chi connectivity index (χ1) is 12.7. The fraction of sp³-hybridized carbons (Fsp3) is 0.250. The number of sulfonamides is 1. The van der Waals surface area contributed by atoms with Gasteiger partial charge in [-0.25, -0.2) is 13.1 Å². The van der Waals surface area contributed by atoms with E-state index in [4.69, 9.17) is 0 Å². The molecule has 0 fully saturated rings. The van der Waals surface area contributed by atoms with Crippen LogP contribution in [-0.4, -0.2) is 25.9 Å². The lowest BCUT2D eigenvalue weighted by molar-refractivity contribution is -0.114. The van der Waals surface area contributed by atoms with Crippen LogP contribution in [0.2, 0.25) is 0 Å². The molecule has 3 N–H and O–H groups in total. The Morgan fingerprint density at radius 1 is 1.07 bits per heavy atom. The second-order valence-electron chi connectivity index (χ2n) is 7.16. The molecule has 1 amide bonds. The Labute approximate surface area is 159 Å². The van der Waals surface area contributed by atoms with Crippen molar-refractivity contribution in [1.29, 1.82) is 0 Å². The van der Waals surface area contributed by atoms with Crippen molar-refractivity contribution >= 4 is 32.5 Å². The van der Waals surface area contributed by atoms with Gasteiger partial charge in [-0.15, -0.1) is 0 Å². The average Bonchev–Trinajstić information content (AvgIpc) is 3.05. The van der Waals surface area contributed by atoms with Gasteiger partial charge < -0.3 is 10.3 Å². The molecule has 6 nitrogen and oxygen atoms in total. The van der Waals surface area contributed by atoms with Gasteiger partial charge in [-0.2, -0.15) is 0 Å². The monoisotopic (exact) mass is 385 g/mol. The summed E-state index contributed by atoms with van der Waals surface area (Å²) in [5.74, 6) is -0.204. The third kappa shape index (κ3) is 4.20. The lowest BCUT2D eigenvalue weighted by Crippen LogP contribution is -2.36. The largest absolute Gasteiger partial charge is 0.361 e. The zero-order valence-corrected chi connectivity index (χ0v) is 16.4. The molecule has 1 aromatic heterocycles. The normalized spacial score (nSPS) is 12.3. The third-order valence-electron chi connectivity index (χ3n) is 4.51. The molecule has 0 atom stereocenters. The SMILES string of the molecule is CC(=O)Nc1ccc(S(=O)(=O)NCC(C)(C)c2c[nH]c3ccccc23)cc1. The highest BCUT2D eigenvalue weighted by Crippen LogP contribution is 2.30. The molecule has 7 heteroatoms. The Hall–Kier alpha value is -2.64. The van der Waals surface area contributed by atoms with Gasteiger partial charge in [-0.1, -0.05) is 32.0 Å². The molecule has 0 bridgehead atoms. The number of anilines is 1. The van der Waals surface area contributed by atoms with Crippen molar-refractivity contribution in [3.05, 3.63) is 60.3 Å². The van der Waals surface area contributed by atoms with Crippen molar-refractivity contribution in [2.75, 3.05) is 11.9 Å². The van der Waals surface area contributed by atoms with Gasteiger partial charge in [-0.05, 0) is 35.9 Å². The average molecular weight is 385 g/mol. The summed E-state index contributed by atoms with van der Waals surface area (Å²) < 4.78 is 28.0. The molecule has 0 aliphatic rings. The minimum atomic E-state index is -3.66. The molecule has 3 aromatic rings. The number of rotatable bonds is 6. The van der Waals surface area contributed by atoms with Gasteiger partial charge >= 0.3 is 0 Å². The number of fused-ring (bicyclic) bond motifs is 1. The second kappa shape index (κ2) is 7.17. The van der Waals surface area contributed by atoms with Crippen molar-refractivity contribution in [2.24, 2.45) is 0 Å². The maximum Gasteiger partial charge on any atom is 0.240 e. The van der Waals surface area contributed by atoms with E-state index in [1.165, 1.54) is 19.1 Å². The first kappa shape index (κ1) is 19.1. The molecule has 0 saturated carbocycles. The van der Waals surface area contributed by atoms with Crippen molar-refractivity contribution in [2.45, 2.75) is 31.1 Å². The van der Waals surface area contributed by atoms with Gasteiger partial charge in [0.1, 0.15) is 0 Å². The highest BCUT2D eigenvalue weighted by Gasteiger charge is 2.26. The first-order valence-corrected chi connectivity index (χ1v) is 10.1. The van der Waals surface area contributed by atoms with E-state index in [-0.39, 0.29) is 17.3 Å². The van der Waals surface area contributed by atoms with Gasteiger partial charge in [0, 0.05) is 41.7 Å². The number of hydrogen-bond donors (Lipinski definition) is 3. The van der Waals surface area contributed by atoms with E-state index in [0.717, 1.165) is 16.5 Å². The van der Waals surface area contributed by atoms with E-state index in [0.29, 0.717) is 5.69 Å². The highest BCUT2D eigenvalue weighted by atomic mass is 32.2. The minimum absolute atomic E-state index is 0.159. The summed E-state index contributed by atoms with van der Waals surface area (Å²) >= 11 is 0. The zero-order valence-electron chi connectivity index (χ0n) is 15.5. The van der Waals surface area contributed by atoms with Crippen LogP contribution >= 0.6 is 0 Å². The Morgan fingerprint density at radius 3 is 2.41 bits per heavy atom. The molecule has 1 heterocycles. The summed E-state index contributed by atoms with van der Waals surface area (Å²) in [7, 11) is -3.66. The number of aromatic amines is 1. The van der Waals surface area contributed by atoms with E-state index in [2.05, 4.69) is 15.0 Å². The lowest BCUT2D eigenvalue weighted by atomic mass is 9.85. The molecule has 2 aromatic carbocycles. The summed E-state index contributed by atoms with van der Waals surface area (Å²) in [5, 5.41) is 3.70. The molecule has 0 spiro atoms. The number of H-pyrrole nitrogens is 1. The fourth-order valence-electron chi connectivity index (χ4n) is 3.01. The zero-order chi connectivity index (χ0) is 19.7. The van der Waals surface area contributed by atoms with Crippen molar-refractivity contribution in [3.63, 3.8) is 0 Å². The summed E-state index contributed by atoms with van der Waals surface area (Å²) in [4.78, 5) is 14.5. The fourth-order valence-corrected chi connectivity index (χ4v) is 4.22. The van der Waals surface area contributed by atoms with Crippen LogP contribution in [0.3, 0.4) is 0 Å². The smallest absolute Gasteiger partial charge is 0.240 e. The van der Waals surface area contributed by atoms with Crippen LogP contribution in [0.15, 0.2) is 59.6 Å². The van der Waals surface area contributed by atoms with Crippen LogP contribution in [0, 0.1) is 0 Å². The van der Waals surface area contributed by atoms with Gasteiger partial charge in [0.15, 0.2) is 0 Å². The Balaban J connectivity index is 1.77. The molecule has 142 valence electrons. The van der Waals surface area contributed by atoms with E-state index >= 15 is 0 Å². The third-order valence-corrected chi connectivity index (χ3v) is 5.92. The number of benzene rings is 2. The molecular weight excluding hydrogens is 362 g/mol. The van der Waals surface area contributed by atoms with Crippen LogP contribution in [0.5, 0.6) is 0 Å². The van der Waals surface area contributed by atoms with Gasteiger partial charge in [0.25, 0.3) is 0 Å². The standard InChI is InChI=1S/C20H23N3O3S/c1-14(24)23-15-8-10-16(11-9-15)27(25,26)22-13-20(2,3)18-12-21-19-7-5-4-6-17(18)19/h4-12,21-22H,13H2,1-3H3,(H,23,24). The Morgan fingerprint density at radius 2 is 1.74 bits per heavy atom. The predicted molar refractivity (Wildman–Crippen MR) is 107 cm³/mol. The predicted octanol–water partition coefficient (Wildman–Crippen LogP) is 3.38. The molecule has 0 aliphatic carbocycles. The number of carbonyl (C=O) groups is 1. The molecule has 0 saturated heterocycles. The number of aromatic nitrogens is 1. The van der Waals surface area contributed by atoms with E-state index in [9.17, 15) is 13.2 Å². The summed E-state index contributed by atoms with van der Waals surface area (Å²) in [5.41, 5.74) is 2.24. The summed E-state index contributed by atoms with van der Waals surface area (Å²) in [6.45, 7) is 5.67. The molecule has 3 rings (SSSR count). The maximum atomic E-state index is 12.6. The molecule has 27 heavy (non-hydrogen) atoms. The van der Waals surface area contributed by atoms with E-state index in [1.807, 2.05) is 44.3 Å². The number of hydrogen-bond acceptors (Lipinski definition) is 3. The second-order valence-corrected chi connectivity index (χ2v) is 8.93. The summed E-state index contributed by atoms with van der Waals surface area (Å²) in [6, 6.07) is 14.0. The van der Waals surface area contributed by atoms with Crippen LogP contribution in [0.1, 0.15) is 26.3 Å².